The number of rotatable bonds is 3. The molecule has 16 heavy (non-hydrogen) atoms. The SMILES string of the molecule is CC(C)(O)CNC(=O)Oc1ccccc1Cl. The van der Waals surface area contributed by atoms with Crippen LogP contribution >= 0.6 is 11.6 Å². The molecule has 0 bridgehead atoms. The van der Waals surface area contributed by atoms with Crippen LogP contribution < -0.4 is 10.1 Å². The van der Waals surface area contributed by atoms with Crippen LogP contribution in [0.3, 0.4) is 0 Å². The first-order chi connectivity index (χ1) is 7.38. The molecule has 88 valence electrons. The lowest BCUT2D eigenvalue weighted by molar-refractivity contribution is 0.0791. The minimum atomic E-state index is -0.973. The number of ether oxygens (including phenoxy) is 1. The van der Waals surface area contributed by atoms with Gasteiger partial charge in [-0.25, -0.2) is 4.79 Å². The van der Waals surface area contributed by atoms with Gasteiger partial charge in [0.1, 0.15) is 0 Å². The highest BCUT2D eigenvalue weighted by Gasteiger charge is 2.15. The zero-order valence-corrected chi connectivity index (χ0v) is 9.91. The molecular weight excluding hydrogens is 230 g/mol. The van der Waals surface area contributed by atoms with Gasteiger partial charge >= 0.3 is 6.09 Å². The van der Waals surface area contributed by atoms with E-state index in [4.69, 9.17) is 16.3 Å². The van der Waals surface area contributed by atoms with E-state index in [1.807, 2.05) is 0 Å². The first-order valence-electron chi connectivity index (χ1n) is 4.81. The van der Waals surface area contributed by atoms with Crippen molar-refractivity contribution in [1.29, 1.82) is 0 Å². The van der Waals surface area contributed by atoms with Crippen molar-refractivity contribution in [1.82, 2.24) is 5.32 Å². The van der Waals surface area contributed by atoms with Gasteiger partial charge in [-0.1, -0.05) is 23.7 Å². The Bertz CT molecular complexity index is 374. The molecule has 5 heteroatoms. The molecule has 0 heterocycles. The summed E-state index contributed by atoms with van der Waals surface area (Å²) in [6.07, 6.45) is -0.643. The maximum atomic E-state index is 11.3. The Morgan fingerprint density at radius 2 is 2.12 bits per heavy atom. The summed E-state index contributed by atoms with van der Waals surface area (Å²) in [7, 11) is 0. The van der Waals surface area contributed by atoms with Gasteiger partial charge in [-0.05, 0) is 26.0 Å². The number of benzene rings is 1. The average molecular weight is 244 g/mol. The number of hydrogen-bond acceptors (Lipinski definition) is 3. The Balaban J connectivity index is 2.50. The molecule has 1 amide bonds. The number of amides is 1. The molecule has 0 saturated heterocycles. The van der Waals surface area contributed by atoms with Crippen LogP contribution in [0.4, 0.5) is 4.79 Å². The number of aliphatic hydroxyl groups is 1. The van der Waals surface area contributed by atoms with E-state index in [2.05, 4.69) is 5.32 Å². The minimum Gasteiger partial charge on any atom is -0.409 e. The van der Waals surface area contributed by atoms with Gasteiger partial charge in [0.2, 0.25) is 0 Å². The second kappa shape index (κ2) is 5.18. The fourth-order valence-corrected chi connectivity index (χ4v) is 1.13. The van der Waals surface area contributed by atoms with E-state index < -0.39 is 11.7 Å². The lowest BCUT2D eigenvalue weighted by atomic mass is 10.1. The van der Waals surface area contributed by atoms with E-state index in [1.54, 1.807) is 38.1 Å². The molecule has 0 aliphatic carbocycles. The van der Waals surface area contributed by atoms with E-state index in [0.29, 0.717) is 5.02 Å². The fraction of sp³-hybridized carbons (Fsp3) is 0.364. The third-order valence-electron chi connectivity index (χ3n) is 1.70. The zero-order chi connectivity index (χ0) is 12.2. The summed E-state index contributed by atoms with van der Waals surface area (Å²) in [6, 6.07) is 6.67. The summed E-state index contributed by atoms with van der Waals surface area (Å²) >= 11 is 5.80. The Morgan fingerprint density at radius 3 is 2.69 bits per heavy atom. The van der Waals surface area contributed by atoms with Crippen LogP contribution in [-0.2, 0) is 0 Å². The minimum absolute atomic E-state index is 0.107. The summed E-state index contributed by atoms with van der Waals surface area (Å²) in [5, 5.41) is 12.2. The maximum absolute atomic E-state index is 11.3. The number of carbonyl (C=O) groups excluding carboxylic acids is 1. The summed E-state index contributed by atoms with van der Waals surface area (Å²) in [4.78, 5) is 11.3. The number of carbonyl (C=O) groups is 1. The van der Waals surface area contributed by atoms with Crippen LogP contribution in [0.1, 0.15) is 13.8 Å². The third-order valence-corrected chi connectivity index (χ3v) is 2.02. The van der Waals surface area contributed by atoms with Gasteiger partial charge < -0.3 is 15.2 Å². The lowest BCUT2D eigenvalue weighted by Crippen LogP contribution is -2.39. The van der Waals surface area contributed by atoms with Gasteiger partial charge in [-0.15, -0.1) is 0 Å². The molecule has 0 atom stereocenters. The smallest absolute Gasteiger partial charge is 0.409 e. The normalized spacial score (nSPS) is 11.0. The predicted octanol–water partition coefficient (Wildman–Crippen LogP) is 2.20. The third kappa shape index (κ3) is 4.51. The highest BCUT2D eigenvalue weighted by atomic mass is 35.5. The molecule has 0 aromatic heterocycles. The van der Waals surface area contributed by atoms with E-state index in [0.717, 1.165) is 0 Å². The molecule has 0 fully saturated rings. The van der Waals surface area contributed by atoms with Gasteiger partial charge in [0.25, 0.3) is 0 Å². The molecule has 0 unspecified atom stereocenters. The summed E-state index contributed by atoms with van der Waals surface area (Å²) in [5.74, 6) is 0.289. The van der Waals surface area contributed by atoms with Gasteiger partial charge in [-0.2, -0.15) is 0 Å². The molecule has 2 N–H and O–H groups in total. The Morgan fingerprint density at radius 1 is 1.50 bits per heavy atom. The van der Waals surface area contributed by atoms with Crippen LogP contribution in [0.25, 0.3) is 0 Å². The number of hydrogen-bond donors (Lipinski definition) is 2. The topological polar surface area (TPSA) is 58.6 Å². The van der Waals surface area contributed by atoms with Gasteiger partial charge in [-0.3, -0.25) is 0 Å². The second-order valence-corrected chi connectivity index (χ2v) is 4.39. The van der Waals surface area contributed by atoms with E-state index in [-0.39, 0.29) is 12.3 Å². The highest BCUT2D eigenvalue weighted by molar-refractivity contribution is 6.32. The fourth-order valence-electron chi connectivity index (χ4n) is 0.952. The molecule has 0 saturated carbocycles. The molecule has 1 aromatic rings. The molecule has 0 aliphatic rings. The molecule has 1 rings (SSSR count). The number of halogens is 1. The van der Waals surface area contributed by atoms with Crippen molar-refractivity contribution >= 4 is 17.7 Å². The van der Waals surface area contributed by atoms with Crippen LogP contribution in [0.15, 0.2) is 24.3 Å². The zero-order valence-electron chi connectivity index (χ0n) is 9.16. The largest absolute Gasteiger partial charge is 0.412 e. The van der Waals surface area contributed by atoms with E-state index in [1.165, 1.54) is 0 Å². The van der Waals surface area contributed by atoms with Crippen LogP contribution in [0.2, 0.25) is 5.02 Å². The van der Waals surface area contributed by atoms with Crippen molar-refractivity contribution in [2.24, 2.45) is 0 Å². The highest BCUT2D eigenvalue weighted by Crippen LogP contribution is 2.22. The van der Waals surface area contributed by atoms with Gasteiger partial charge in [0.15, 0.2) is 5.75 Å². The lowest BCUT2D eigenvalue weighted by Gasteiger charge is -2.17. The van der Waals surface area contributed by atoms with Crippen molar-refractivity contribution in [2.45, 2.75) is 19.4 Å². The molecular formula is C11H14ClNO3. The molecule has 0 radical (unpaired) electrons. The van der Waals surface area contributed by atoms with Crippen molar-refractivity contribution in [2.75, 3.05) is 6.54 Å². The van der Waals surface area contributed by atoms with Crippen molar-refractivity contribution in [3.05, 3.63) is 29.3 Å². The van der Waals surface area contributed by atoms with E-state index in [9.17, 15) is 9.90 Å². The maximum Gasteiger partial charge on any atom is 0.412 e. The number of nitrogens with one attached hydrogen (secondary N) is 1. The summed E-state index contributed by atoms with van der Waals surface area (Å²) in [6.45, 7) is 3.28. The van der Waals surface area contributed by atoms with Crippen molar-refractivity contribution in [3.8, 4) is 5.75 Å². The average Bonchev–Trinajstić information content (AvgIpc) is 2.18. The van der Waals surface area contributed by atoms with Crippen LogP contribution in [-0.4, -0.2) is 23.3 Å². The molecule has 0 spiro atoms. The Hall–Kier alpha value is -1.26. The monoisotopic (exact) mass is 243 g/mol. The molecule has 1 aromatic carbocycles. The summed E-state index contributed by atoms with van der Waals surface area (Å²) < 4.78 is 4.95. The van der Waals surface area contributed by atoms with E-state index >= 15 is 0 Å². The van der Waals surface area contributed by atoms with Gasteiger partial charge in [0.05, 0.1) is 10.6 Å². The van der Waals surface area contributed by atoms with Crippen LogP contribution in [0, 0.1) is 0 Å². The van der Waals surface area contributed by atoms with Gasteiger partial charge in [0, 0.05) is 6.54 Å². The first-order valence-corrected chi connectivity index (χ1v) is 5.19. The molecule has 0 aliphatic heterocycles. The van der Waals surface area contributed by atoms with Crippen molar-refractivity contribution in [3.63, 3.8) is 0 Å². The standard InChI is InChI=1S/C11H14ClNO3/c1-11(2,15)7-13-10(14)16-9-6-4-3-5-8(9)12/h3-6,15H,7H2,1-2H3,(H,13,14). The molecule has 4 nitrogen and oxygen atoms in total. The predicted molar refractivity (Wildman–Crippen MR) is 61.8 cm³/mol. The Labute approximate surface area is 99.2 Å². The number of para-hydroxylation sites is 1. The quantitative estimate of drug-likeness (QED) is 0.856. The summed E-state index contributed by atoms with van der Waals surface area (Å²) in [5.41, 5.74) is -0.973. The van der Waals surface area contributed by atoms with Crippen molar-refractivity contribution < 1.29 is 14.6 Å². The van der Waals surface area contributed by atoms with Crippen LogP contribution in [0.5, 0.6) is 5.75 Å². The second-order valence-electron chi connectivity index (χ2n) is 3.99. The Kier molecular flexibility index (Phi) is 4.15. The first kappa shape index (κ1) is 12.8.